The lowest BCUT2D eigenvalue weighted by atomic mass is 10.0. The molecule has 4 nitrogen and oxygen atoms in total. The highest BCUT2D eigenvalue weighted by Crippen LogP contribution is 2.14. The summed E-state index contributed by atoms with van der Waals surface area (Å²) < 4.78 is 10.9. The van der Waals surface area contributed by atoms with E-state index in [1.165, 1.54) is 5.56 Å². The number of benzene rings is 1. The molecular weight excluding hydrogens is 266 g/mol. The molecule has 1 aromatic rings. The summed E-state index contributed by atoms with van der Waals surface area (Å²) in [6, 6.07) is 10.4. The molecule has 1 aliphatic heterocycles. The zero-order valence-electron chi connectivity index (χ0n) is 13.0. The third-order valence-electron chi connectivity index (χ3n) is 3.89. The number of nitrogens with zero attached hydrogens (tertiary/aromatic N) is 1. The highest BCUT2D eigenvalue weighted by atomic mass is 16.5. The highest BCUT2D eigenvalue weighted by molar-refractivity contribution is 5.78. The van der Waals surface area contributed by atoms with Gasteiger partial charge in [0.25, 0.3) is 0 Å². The van der Waals surface area contributed by atoms with Crippen molar-refractivity contribution in [3.8, 4) is 0 Å². The van der Waals surface area contributed by atoms with Crippen LogP contribution in [0.5, 0.6) is 0 Å². The predicted octanol–water partition coefficient (Wildman–Crippen LogP) is 2.13. The Bertz CT molecular complexity index is 435. The van der Waals surface area contributed by atoms with Crippen LogP contribution in [0.2, 0.25) is 0 Å². The molecule has 0 N–H and O–H groups in total. The zero-order valence-corrected chi connectivity index (χ0v) is 13.0. The minimum atomic E-state index is -0.0807. The Kier molecular flexibility index (Phi) is 6.21. The molecule has 2 rings (SSSR count). The van der Waals surface area contributed by atoms with E-state index >= 15 is 0 Å². The first-order valence-corrected chi connectivity index (χ1v) is 7.64. The SMILES string of the molecule is COC[C@H](C)C(=O)N1CCO[C@H](CCc2ccccc2)C1. The van der Waals surface area contributed by atoms with E-state index in [1.807, 2.05) is 17.9 Å². The van der Waals surface area contributed by atoms with Gasteiger partial charge in [0.05, 0.1) is 25.2 Å². The number of rotatable bonds is 6. The van der Waals surface area contributed by atoms with Crippen molar-refractivity contribution < 1.29 is 14.3 Å². The van der Waals surface area contributed by atoms with Gasteiger partial charge < -0.3 is 14.4 Å². The van der Waals surface area contributed by atoms with Gasteiger partial charge in [-0.15, -0.1) is 0 Å². The third-order valence-corrected chi connectivity index (χ3v) is 3.89. The maximum atomic E-state index is 12.3. The van der Waals surface area contributed by atoms with E-state index in [2.05, 4.69) is 24.3 Å². The standard InChI is InChI=1S/C17H25NO3/c1-14(13-20-2)17(19)18-10-11-21-16(12-18)9-8-15-6-4-3-5-7-15/h3-7,14,16H,8-13H2,1-2H3/t14-,16+/m0/s1. The first kappa shape index (κ1) is 16.0. The van der Waals surface area contributed by atoms with Crippen LogP contribution < -0.4 is 0 Å². The molecule has 1 aromatic carbocycles. The Labute approximate surface area is 127 Å². The molecule has 0 radical (unpaired) electrons. The van der Waals surface area contributed by atoms with Crippen LogP contribution in [0.3, 0.4) is 0 Å². The Morgan fingerprint density at radius 3 is 2.90 bits per heavy atom. The number of methoxy groups -OCH3 is 1. The van der Waals surface area contributed by atoms with Crippen molar-refractivity contribution in [2.45, 2.75) is 25.9 Å². The molecule has 1 fully saturated rings. The first-order chi connectivity index (χ1) is 10.2. The molecule has 1 aliphatic rings. The Balaban J connectivity index is 1.82. The molecule has 1 saturated heterocycles. The number of carbonyl (C=O) groups excluding carboxylic acids is 1. The second-order valence-corrected chi connectivity index (χ2v) is 5.66. The summed E-state index contributed by atoms with van der Waals surface area (Å²) in [5.74, 6) is 0.0905. The van der Waals surface area contributed by atoms with Crippen molar-refractivity contribution in [1.29, 1.82) is 0 Å². The van der Waals surface area contributed by atoms with Crippen molar-refractivity contribution in [2.75, 3.05) is 33.4 Å². The Morgan fingerprint density at radius 1 is 1.43 bits per heavy atom. The smallest absolute Gasteiger partial charge is 0.227 e. The van der Waals surface area contributed by atoms with E-state index in [-0.39, 0.29) is 17.9 Å². The molecule has 0 saturated carbocycles. The van der Waals surface area contributed by atoms with E-state index < -0.39 is 0 Å². The van der Waals surface area contributed by atoms with Crippen LogP contribution in [0, 0.1) is 5.92 Å². The lowest BCUT2D eigenvalue weighted by Gasteiger charge is -2.34. The normalized spacial score (nSPS) is 20.3. The minimum Gasteiger partial charge on any atom is -0.384 e. The van der Waals surface area contributed by atoms with Gasteiger partial charge in [0.2, 0.25) is 5.91 Å². The van der Waals surface area contributed by atoms with E-state index in [0.717, 1.165) is 12.8 Å². The molecule has 21 heavy (non-hydrogen) atoms. The molecule has 1 heterocycles. The van der Waals surface area contributed by atoms with Gasteiger partial charge in [0.15, 0.2) is 0 Å². The fourth-order valence-corrected chi connectivity index (χ4v) is 2.70. The van der Waals surface area contributed by atoms with Gasteiger partial charge in [-0.2, -0.15) is 0 Å². The molecule has 4 heteroatoms. The molecule has 1 amide bonds. The molecule has 0 bridgehead atoms. The molecule has 0 aromatic heterocycles. The van der Waals surface area contributed by atoms with Crippen LogP contribution in [-0.2, 0) is 20.7 Å². The quantitative estimate of drug-likeness (QED) is 0.806. The van der Waals surface area contributed by atoms with Gasteiger partial charge in [-0.25, -0.2) is 0 Å². The van der Waals surface area contributed by atoms with Gasteiger partial charge in [-0.1, -0.05) is 37.3 Å². The van der Waals surface area contributed by atoms with E-state index in [1.54, 1.807) is 7.11 Å². The molecule has 2 atom stereocenters. The number of morpholine rings is 1. The molecule has 0 unspecified atom stereocenters. The van der Waals surface area contributed by atoms with Crippen LogP contribution in [0.4, 0.5) is 0 Å². The van der Waals surface area contributed by atoms with Crippen LogP contribution in [0.15, 0.2) is 30.3 Å². The number of carbonyl (C=O) groups is 1. The van der Waals surface area contributed by atoms with Gasteiger partial charge in [-0.3, -0.25) is 4.79 Å². The third kappa shape index (κ3) is 4.83. The number of amides is 1. The van der Waals surface area contributed by atoms with Gasteiger partial charge in [0, 0.05) is 20.2 Å². The Hall–Kier alpha value is -1.39. The van der Waals surface area contributed by atoms with E-state index in [0.29, 0.717) is 26.3 Å². The van der Waals surface area contributed by atoms with Crippen molar-refractivity contribution in [2.24, 2.45) is 5.92 Å². The average Bonchev–Trinajstić information content (AvgIpc) is 2.54. The van der Waals surface area contributed by atoms with Crippen molar-refractivity contribution in [3.05, 3.63) is 35.9 Å². The van der Waals surface area contributed by atoms with Gasteiger partial charge in [0.1, 0.15) is 0 Å². The second kappa shape index (κ2) is 8.15. The summed E-state index contributed by atoms with van der Waals surface area (Å²) in [5.41, 5.74) is 1.32. The maximum Gasteiger partial charge on any atom is 0.227 e. The lowest BCUT2D eigenvalue weighted by Crippen LogP contribution is -2.48. The zero-order chi connectivity index (χ0) is 15.1. The van der Waals surface area contributed by atoms with Crippen molar-refractivity contribution >= 4 is 5.91 Å². The van der Waals surface area contributed by atoms with Crippen LogP contribution in [0.1, 0.15) is 18.9 Å². The van der Waals surface area contributed by atoms with E-state index in [4.69, 9.17) is 9.47 Å². The predicted molar refractivity (Wildman–Crippen MR) is 82.1 cm³/mol. The van der Waals surface area contributed by atoms with E-state index in [9.17, 15) is 4.79 Å². The summed E-state index contributed by atoms with van der Waals surface area (Å²) in [5, 5.41) is 0. The number of hydrogen-bond acceptors (Lipinski definition) is 3. The molecular formula is C17H25NO3. The summed E-state index contributed by atoms with van der Waals surface area (Å²) in [6.07, 6.45) is 2.07. The lowest BCUT2D eigenvalue weighted by molar-refractivity contribution is -0.144. The largest absolute Gasteiger partial charge is 0.384 e. The summed E-state index contributed by atoms with van der Waals surface area (Å²) >= 11 is 0. The number of hydrogen-bond donors (Lipinski definition) is 0. The minimum absolute atomic E-state index is 0.0807. The summed E-state index contributed by atoms with van der Waals surface area (Å²) in [7, 11) is 1.63. The fourth-order valence-electron chi connectivity index (χ4n) is 2.70. The summed E-state index contributed by atoms with van der Waals surface area (Å²) in [6.45, 7) is 4.41. The molecule has 0 aliphatic carbocycles. The number of ether oxygens (including phenoxy) is 2. The first-order valence-electron chi connectivity index (χ1n) is 7.64. The highest BCUT2D eigenvalue weighted by Gasteiger charge is 2.26. The van der Waals surface area contributed by atoms with Gasteiger partial charge >= 0.3 is 0 Å². The van der Waals surface area contributed by atoms with Crippen molar-refractivity contribution in [3.63, 3.8) is 0 Å². The Morgan fingerprint density at radius 2 is 2.19 bits per heavy atom. The maximum absolute atomic E-state index is 12.3. The summed E-state index contributed by atoms with van der Waals surface area (Å²) in [4.78, 5) is 14.2. The fraction of sp³-hybridized carbons (Fsp3) is 0.588. The van der Waals surface area contributed by atoms with Crippen molar-refractivity contribution in [1.82, 2.24) is 4.90 Å². The molecule has 116 valence electrons. The topological polar surface area (TPSA) is 38.8 Å². The van der Waals surface area contributed by atoms with Crippen LogP contribution in [0.25, 0.3) is 0 Å². The van der Waals surface area contributed by atoms with Crippen LogP contribution in [-0.4, -0.2) is 50.3 Å². The average molecular weight is 291 g/mol. The second-order valence-electron chi connectivity index (χ2n) is 5.66. The van der Waals surface area contributed by atoms with Crippen LogP contribution >= 0.6 is 0 Å². The number of aryl methyl sites for hydroxylation is 1. The monoisotopic (exact) mass is 291 g/mol. The van der Waals surface area contributed by atoms with Gasteiger partial charge in [-0.05, 0) is 18.4 Å². The molecule has 0 spiro atoms.